The predicted molar refractivity (Wildman–Crippen MR) is 85.3 cm³/mol. The van der Waals surface area contributed by atoms with E-state index in [1.807, 2.05) is 0 Å². The minimum atomic E-state index is -0.765. The molecule has 3 aromatic rings. The molecular weight excluding hydrogens is 344 g/mol. The van der Waals surface area contributed by atoms with Crippen LogP contribution in [0.25, 0.3) is 5.69 Å². The van der Waals surface area contributed by atoms with Crippen molar-refractivity contribution in [1.82, 2.24) is 29.5 Å². The Morgan fingerprint density at radius 2 is 2.19 bits per heavy atom. The van der Waals surface area contributed by atoms with Crippen molar-refractivity contribution in [3.63, 3.8) is 0 Å². The first-order valence-electron chi connectivity index (χ1n) is 8.07. The Labute approximate surface area is 146 Å². The van der Waals surface area contributed by atoms with E-state index in [2.05, 4.69) is 20.2 Å². The first-order valence-corrected chi connectivity index (χ1v) is 8.07. The second kappa shape index (κ2) is 6.28. The molecule has 0 saturated carbocycles. The Morgan fingerprint density at radius 3 is 2.96 bits per heavy atom. The molecule has 2 N–H and O–H groups in total. The van der Waals surface area contributed by atoms with Crippen molar-refractivity contribution in [1.29, 1.82) is 0 Å². The molecule has 0 saturated heterocycles. The van der Waals surface area contributed by atoms with Crippen LogP contribution < -0.4 is 5.73 Å². The van der Waals surface area contributed by atoms with E-state index in [-0.39, 0.29) is 23.9 Å². The van der Waals surface area contributed by atoms with Gasteiger partial charge in [0.2, 0.25) is 5.91 Å². The van der Waals surface area contributed by atoms with E-state index in [9.17, 15) is 13.6 Å². The summed E-state index contributed by atoms with van der Waals surface area (Å²) in [4.78, 5) is 19.8. The molecule has 0 radical (unpaired) electrons. The summed E-state index contributed by atoms with van der Waals surface area (Å²) in [7, 11) is 0. The van der Waals surface area contributed by atoms with Crippen LogP contribution in [0.15, 0.2) is 24.5 Å². The third kappa shape index (κ3) is 2.93. The summed E-state index contributed by atoms with van der Waals surface area (Å²) in [5.41, 5.74) is 5.29. The number of fused-ring (bicyclic) bond motifs is 1. The maximum atomic E-state index is 14.3. The predicted octanol–water partition coefficient (Wildman–Crippen LogP) is 0.895. The normalized spacial score (nSPS) is 16.5. The van der Waals surface area contributed by atoms with Crippen LogP contribution in [0.2, 0.25) is 0 Å². The molecule has 0 spiro atoms. The van der Waals surface area contributed by atoms with Crippen molar-refractivity contribution in [3.05, 3.63) is 53.6 Å². The van der Waals surface area contributed by atoms with Crippen molar-refractivity contribution in [2.45, 2.75) is 31.7 Å². The lowest BCUT2D eigenvalue weighted by Gasteiger charge is -2.22. The number of rotatable bonds is 4. The third-order valence-corrected chi connectivity index (χ3v) is 4.32. The molecule has 1 amide bonds. The van der Waals surface area contributed by atoms with Crippen LogP contribution in [0.5, 0.6) is 0 Å². The van der Waals surface area contributed by atoms with Gasteiger partial charge in [-0.05, 0) is 18.6 Å². The Kier molecular flexibility index (Phi) is 3.94. The molecule has 1 aliphatic rings. The van der Waals surface area contributed by atoms with Gasteiger partial charge in [-0.2, -0.15) is 10.2 Å². The van der Waals surface area contributed by atoms with Crippen molar-refractivity contribution in [2.75, 3.05) is 0 Å². The first-order chi connectivity index (χ1) is 12.5. The minimum absolute atomic E-state index is 0.0639. The fourth-order valence-corrected chi connectivity index (χ4v) is 3.14. The van der Waals surface area contributed by atoms with E-state index >= 15 is 0 Å². The highest BCUT2D eigenvalue weighted by atomic mass is 19.1. The average Bonchev–Trinajstić information content (AvgIpc) is 3.20. The van der Waals surface area contributed by atoms with E-state index in [0.717, 1.165) is 24.4 Å². The quantitative estimate of drug-likeness (QED) is 0.745. The molecular formula is C16H15F2N7O. The molecule has 2 aromatic heterocycles. The number of nitrogens with zero attached hydrogens (tertiary/aromatic N) is 6. The third-order valence-electron chi connectivity index (χ3n) is 4.32. The number of hydrogen-bond donors (Lipinski definition) is 1. The van der Waals surface area contributed by atoms with Gasteiger partial charge in [0.05, 0.1) is 13.0 Å². The lowest BCUT2D eigenvalue weighted by molar-refractivity contribution is -0.117. The number of nitrogens with two attached hydrogens (primary N) is 1. The van der Waals surface area contributed by atoms with Gasteiger partial charge >= 0.3 is 0 Å². The second-order valence-corrected chi connectivity index (χ2v) is 6.13. The molecule has 0 fully saturated rings. The first kappa shape index (κ1) is 16.3. The van der Waals surface area contributed by atoms with Crippen LogP contribution in [0.1, 0.15) is 29.8 Å². The van der Waals surface area contributed by atoms with Crippen molar-refractivity contribution in [2.24, 2.45) is 5.73 Å². The fourth-order valence-electron chi connectivity index (χ4n) is 3.14. The molecule has 0 bridgehead atoms. The highest BCUT2D eigenvalue weighted by Crippen LogP contribution is 2.29. The summed E-state index contributed by atoms with van der Waals surface area (Å²) >= 11 is 0. The number of hydrogen-bond acceptors (Lipinski definition) is 5. The zero-order chi connectivity index (χ0) is 18.3. The van der Waals surface area contributed by atoms with Crippen LogP contribution in [0.4, 0.5) is 8.78 Å². The second-order valence-electron chi connectivity index (χ2n) is 6.13. The van der Waals surface area contributed by atoms with Crippen LogP contribution in [0, 0.1) is 11.6 Å². The number of primary amides is 1. The highest BCUT2D eigenvalue weighted by molar-refractivity contribution is 5.75. The standard InChI is InChI=1S/C16H15F2N7O/c17-10-2-3-12(11(18)5-10)25-16(22-14(23-25)6-13(19)26)9-1-4-15-20-8-21-24(15)7-9/h2-3,5,8-9H,1,4,6-7H2,(H2,19,26). The lowest BCUT2D eigenvalue weighted by atomic mass is 9.99. The topological polar surface area (TPSA) is 105 Å². The van der Waals surface area contributed by atoms with Gasteiger partial charge in [-0.3, -0.25) is 4.79 Å². The zero-order valence-corrected chi connectivity index (χ0v) is 13.6. The van der Waals surface area contributed by atoms with E-state index in [1.54, 1.807) is 4.68 Å². The maximum Gasteiger partial charge on any atom is 0.225 e. The Balaban J connectivity index is 1.77. The number of benzene rings is 1. The molecule has 0 aliphatic carbocycles. The van der Waals surface area contributed by atoms with Gasteiger partial charge < -0.3 is 5.73 Å². The molecule has 1 atom stereocenters. The summed E-state index contributed by atoms with van der Waals surface area (Å²) in [5, 5.41) is 8.40. The number of carbonyl (C=O) groups excluding carboxylic acids is 1. The monoisotopic (exact) mass is 359 g/mol. The summed E-state index contributed by atoms with van der Waals surface area (Å²) in [6.45, 7) is 0.507. The Hall–Kier alpha value is -3.17. The van der Waals surface area contributed by atoms with E-state index in [1.165, 1.54) is 17.1 Å². The fraction of sp³-hybridized carbons (Fsp3) is 0.312. The lowest BCUT2D eigenvalue weighted by Crippen LogP contribution is -2.23. The molecule has 1 aromatic carbocycles. The van der Waals surface area contributed by atoms with E-state index < -0.39 is 17.5 Å². The number of aryl methyl sites for hydroxylation is 1. The Morgan fingerprint density at radius 1 is 1.35 bits per heavy atom. The number of halogens is 2. The highest BCUT2D eigenvalue weighted by Gasteiger charge is 2.28. The van der Waals surface area contributed by atoms with Gasteiger partial charge in [0.15, 0.2) is 11.6 Å². The van der Waals surface area contributed by atoms with Gasteiger partial charge in [0.25, 0.3) is 0 Å². The molecule has 10 heteroatoms. The zero-order valence-electron chi connectivity index (χ0n) is 13.6. The number of aromatic nitrogens is 6. The van der Waals surface area contributed by atoms with Gasteiger partial charge in [-0.1, -0.05) is 0 Å². The molecule has 8 nitrogen and oxygen atoms in total. The molecule has 1 unspecified atom stereocenters. The van der Waals surface area contributed by atoms with Crippen LogP contribution in [-0.4, -0.2) is 35.4 Å². The smallest absolute Gasteiger partial charge is 0.225 e. The molecule has 3 heterocycles. The summed E-state index contributed by atoms with van der Waals surface area (Å²) in [5.74, 6) is -0.598. The molecule has 134 valence electrons. The van der Waals surface area contributed by atoms with E-state index in [0.29, 0.717) is 18.8 Å². The van der Waals surface area contributed by atoms with Gasteiger partial charge in [0.1, 0.15) is 29.5 Å². The Bertz CT molecular complexity index is 981. The molecule has 26 heavy (non-hydrogen) atoms. The van der Waals surface area contributed by atoms with Crippen molar-refractivity contribution < 1.29 is 13.6 Å². The van der Waals surface area contributed by atoms with Gasteiger partial charge in [-0.25, -0.2) is 28.1 Å². The maximum absolute atomic E-state index is 14.3. The van der Waals surface area contributed by atoms with Crippen molar-refractivity contribution in [3.8, 4) is 5.69 Å². The summed E-state index contributed by atoms with van der Waals surface area (Å²) < 4.78 is 30.6. The van der Waals surface area contributed by atoms with Gasteiger partial charge in [0, 0.05) is 18.4 Å². The molecule has 4 rings (SSSR count). The SMILES string of the molecule is NC(=O)Cc1nc(C2CCc3ncnn3C2)n(-c2ccc(F)cc2F)n1. The molecule has 1 aliphatic heterocycles. The van der Waals surface area contributed by atoms with E-state index in [4.69, 9.17) is 5.73 Å². The largest absolute Gasteiger partial charge is 0.369 e. The number of amides is 1. The average molecular weight is 359 g/mol. The van der Waals surface area contributed by atoms with Crippen LogP contribution in [0.3, 0.4) is 0 Å². The summed E-state index contributed by atoms with van der Waals surface area (Å²) in [6, 6.07) is 3.22. The summed E-state index contributed by atoms with van der Waals surface area (Å²) in [6.07, 6.45) is 2.73. The van der Waals surface area contributed by atoms with Crippen LogP contribution >= 0.6 is 0 Å². The minimum Gasteiger partial charge on any atom is -0.369 e. The van der Waals surface area contributed by atoms with Crippen molar-refractivity contribution >= 4 is 5.91 Å². The number of carbonyl (C=O) groups is 1. The van der Waals surface area contributed by atoms with Crippen LogP contribution in [-0.2, 0) is 24.2 Å². The van der Waals surface area contributed by atoms with Gasteiger partial charge in [-0.15, -0.1) is 0 Å².